The molecule has 4 aliphatic rings. The van der Waals surface area contributed by atoms with Gasteiger partial charge in [0.25, 0.3) is 0 Å². The predicted octanol–water partition coefficient (Wildman–Crippen LogP) is 10.4. The number of benzene rings is 2. The summed E-state index contributed by atoms with van der Waals surface area (Å²) in [7, 11) is 0. The Kier molecular flexibility index (Phi) is 13.2. The highest BCUT2D eigenvalue weighted by atomic mass is 17.2. The van der Waals surface area contributed by atoms with Gasteiger partial charge in [-0.05, 0) is 84.5 Å². The minimum absolute atomic E-state index is 0.0161. The van der Waals surface area contributed by atoms with Crippen LogP contribution >= 0.6 is 0 Å². The summed E-state index contributed by atoms with van der Waals surface area (Å²) >= 11 is 0. The second-order valence-corrected chi connectivity index (χ2v) is 15.2. The van der Waals surface area contributed by atoms with E-state index in [4.69, 9.17) is 19.2 Å². The van der Waals surface area contributed by atoms with Gasteiger partial charge in [-0.1, -0.05) is 138 Å². The molecule has 0 bridgehead atoms. The molecule has 2 heterocycles. The van der Waals surface area contributed by atoms with E-state index >= 15 is 0 Å². The van der Waals surface area contributed by atoms with Gasteiger partial charge in [-0.2, -0.15) is 0 Å². The molecule has 0 aromatic heterocycles. The second kappa shape index (κ2) is 18.0. The first-order valence-electron chi connectivity index (χ1n) is 19.2. The van der Waals surface area contributed by atoms with Crippen molar-refractivity contribution in [2.45, 2.75) is 122 Å². The van der Waals surface area contributed by atoms with Crippen LogP contribution < -0.4 is 0 Å². The Morgan fingerprint density at radius 2 is 1.13 bits per heavy atom. The zero-order chi connectivity index (χ0) is 32.3. The average molecular weight is 641 g/mol. The molecule has 2 saturated carbocycles. The first-order valence-corrected chi connectivity index (χ1v) is 19.2. The van der Waals surface area contributed by atoms with E-state index in [1.807, 2.05) is 6.08 Å². The highest BCUT2D eigenvalue weighted by molar-refractivity contribution is 5.51. The van der Waals surface area contributed by atoms with Gasteiger partial charge in [-0.3, -0.25) is 0 Å². The van der Waals surface area contributed by atoms with E-state index in [1.54, 1.807) is 0 Å². The molecule has 2 aliphatic heterocycles. The summed E-state index contributed by atoms with van der Waals surface area (Å²) in [5, 5.41) is 0. The quantitative estimate of drug-likeness (QED) is 0.110. The molecule has 0 radical (unpaired) electrons. The van der Waals surface area contributed by atoms with Crippen LogP contribution in [0.2, 0.25) is 0 Å². The fourth-order valence-corrected chi connectivity index (χ4v) is 8.79. The van der Waals surface area contributed by atoms with Crippen LogP contribution in [0.15, 0.2) is 60.7 Å². The smallest absolute Gasteiger partial charge is 0.145 e. The molecule has 2 aromatic carbocycles. The van der Waals surface area contributed by atoms with Crippen LogP contribution in [0.1, 0.15) is 113 Å². The second-order valence-electron chi connectivity index (χ2n) is 15.2. The van der Waals surface area contributed by atoms with E-state index in [9.17, 15) is 0 Å². The molecule has 1 unspecified atom stereocenters. The Labute approximate surface area is 285 Å². The Hall–Kier alpha value is -2.24. The molecule has 2 saturated heterocycles. The van der Waals surface area contributed by atoms with Crippen LogP contribution in [0, 0.1) is 29.6 Å². The molecular weight excluding hydrogens is 580 g/mol. The molecule has 4 atom stereocenters. The van der Waals surface area contributed by atoms with E-state index in [0.717, 1.165) is 23.7 Å². The third-order valence-electron chi connectivity index (χ3n) is 11.6. The van der Waals surface area contributed by atoms with Gasteiger partial charge in [0, 0.05) is 5.92 Å². The van der Waals surface area contributed by atoms with Crippen LogP contribution in [-0.4, -0.2) is 38.1 Å². The third kappa shape index (κ3) is 10.1. The molecule has 47 heavy (non-hydrogen) atoms. The fraction of sp³-hybridized carbons (Fsp3) is 0.628. The molecule has 4 heteroatoms. The van der Waals surface area contributed by atoms with Crippen LogP contribution in [0.3, 0.4) is 0 Å². The van der Waals surface area contributed by atoms with Crippen LogP contribution in [0.5, 0.6) is 0 Å². The lowest BCUT2D eigenvalue weighted by Crippen LogP contribution is -2.31. The average Bonchev–Trinajstić information content (AvgIpc) is 3.70. The van der Waals surface area contributed by atoms with Crippen molar-refractivity contribution >= 4 is 12.2 Å². The van der Waals surface area contributed by atoms with Gasteiger partial charge in [0.2, 0.25) is 0 Å². The molecule has 0 amide bonds. The Balaban J connectivity index is 0.870. The summed E-state index contributed by atoms with van der Waals surface area (Å²) in [6.07, 6.45) is 27.6. The number of hydrogen-bond donors (Lipinski definition) is 0. The predicted molar refractivity (Wildman–Crippen MR) is 193 cm³/mol. The molecule has 2 aliphatic carbocycles. The Morgan fingerprint density at radius 1 is 0.617 bits per heavy atom. The molecule has 2 aromatic rings. The Morgan fingerprint density at radius 3 is 1.68 bits per heavy atom. The highest BCUT2D eigenvalue weighted by Gasteiger charge is 2.48. The zero-order valence-corrected chi connectivity index (χ0v) is 29.2. The van der Waals surface area contributed by atoms with E-state index in [2.05, 4.69) is 80.6 Å². The van der Waals surface area contributed by atoms with Crippen LogP contribution in [0.25, 0.3) is 12.2 Å². The molecule has 4 fully saturated rings. The van der Waals surface area contributed by atoms with Crippen molar-refractivity contribution in [2.75, 3.05) is 19.8 Å². The maximum Gasteiger partial charge on any atom is 0.145 e. The van der Waals surface area contributed by atoms with Crippen molar-refractivity contribution < 1.29 is 19.2 Å². The van der Waals surface area contributed by atoms with Crippen LogP contribution in [0.4, 0.5) is 0 Å². The van der Waals surface area contributed by atoms with Crippen molar-refractivity contribution in [2.24, 2.45) is 29.6 Å². The van der Waals surface area contributed by atoms with E-state index in [0.29, 0.717) is 19.8 Å². The molecule has 0 spiro atoms. The highest BCUT2D eigenvalue weighted by Crippen LogP contribution is 2.36. The van der Waals surface area contributed by atoms with E-state index in [1.165, 1.54) is 112 Å². The van der Waals surface area contributed by atoms with Gasteiger partial charge in [0.05, 0.1) is 19.3 Å². The van der Waals surface area contributed by atoms with Gasteiger partial charge >= 0.3 is 0 Å². The summed E-state index contributed by atoms with van der Waals surface area (Å²) < 4.78 is 12.3. The lowest BCUT2D eigenvalue weighted by Gasteiger charge is -2.28. The SMILES string of the molecule is CCCC1CCC(Cc2ccc(C=CC3CO[C@@H]4[C@@H](OOC/C=C/c5ccc(CC6CCC(CCC)CC6)cc5)CO[C@H]34)cc2)CC1. The lowest BCUT2D eigenvalue weighted by molar-refractivity contribution is -0.326. The van der Waals surface area contributed by atoms with Crippen molar-refractivity contribution in [1.29, 1.82) is 0 Å². The Bertz CT molecular complexity index is 1230. The number of hydrogen-bond acceptors (Lipinski definition) is 4. The van der Waals surface area contributed by atoms with Gasteiger partial charge in [0.1, 0.15) is 18.8 Å². The minimum Gasteiger partial charge on any atom is -0.372 e. The number of fused-ring (bicyclic) bond motifs is 1. The molecular formula is C43H60O4. The maximum atomic E-state index is 6.13. The summed E-state index contributed by atoms with van der Waals surface area (Å²) in [4.78, 5) is 11.3. The molecule has 6 rings (SSSR count). The van der Waals surface area contributed by atoms with Gasteiger partial charge in [-0.15, -0.1) is 0 Å². The molecule has 4 nitrogen and oxygen atoms in total. The third-order valence-corrected chi connectivity index (χ3v) is 11.6. The topological polar surface area (TPSA) is 36.9 Å². The van der Waals surface area contributed by atoms with Crippen LogP contribution in [-0.2, 0) is 32.1 Å². The lowest BCUT2D eigenvalue weighted by atomic mass is 9.78. The standard InChI is InChI=1S/C43H60O4/c1-3-6-32-9-17-36(18-10-32)28-38-21-13-34(14-22-38)8-5-27-46-47-41-31-45-42-40(30-44-43(41)42)26-25-35-15-23-39(24-16-35)29-37-19-11-33(7-4-2)12-20-37/h5,8,13-16,21-26,32-33,36-37,40-43H,3-4,6-7,9-12,17-20,27-31H2,1-2H3/b8-5+,26-25?/t32?,33?,36?,37?,40?,41-,42+,43+/m0/s1. The summed E-state index contributed by atoms with van der Waals surface area (Å²) in [5.74, 6) is 3.90. The molecule has 256 valence electrons. The molecule has 0 N–H and O–H groups in total. The van der Waals surface area contributed by atoms with Crippen molar-refractivity contribution in [3.8, 4) is 0 Å². The largest absolute Gasteiger partial charge is 0.372 e. The normalized spacial score (nSPS) is 31.2. The first-order chi connectivity index (χ1) is 23.2. The fourth-order valence-electron chi connectivity index (χ4n) is 8.79. The van der Waals surface area contributed by atoms with E-state index < -0.39 is 0 Å². The maximum absolute atomic E-state index is 6.13. The monoisotopic (exact) mass is 640 g/mol. The summed E-state index contributed by atoms with van der Waals surface area (Å²) in [6, 6.07) is 18.2. The number of rotatable bonds is 15. The van der Waals surface area contributed by atoms with Gasteiger partial charge < -0.3 is 9.47 Å². The van der Waals surface area contributed by atoms with Gasteiger partial charge in [-0.25, -0.2) is 9.78 Å². The van der Waals surface area contributed by atoms with E-state index in [-0.39, 0.29) is 24.2 Å². The van der Waals surface area contributed by atoms with Gasteiger partial charge in [0.15, 0.2) is 0 Å². The minimum atomic E-state index is -0.195. The van der Waals surface area contributed by atoms with Crippen molar-refractivity contribution in [1.82, 2.24) is 0 Å². The van der Waals surface area contributed by atoms with Crippen molar-refractivity contribution in [3.05, 3.63) is 82.9 Å². The zero-order valence-electron chi connectivity index (χ0n) is 29.2. The first kappa shape index (κ1) is 34.6. The summed E-state index contributed by atoms with van der Waals surface area (Å²) in [5.41, 5.74) is 5.37. The number of ether oxygens (including phenoxy) is 2. The van der Waals surface area contributed by atoms with Crippen molar-refractivity contribution in [3.63, 3.8) is 0 Å². The summed E-state index contributed by atoms with van der Waals surface area (Å²) in [6.45, 7) is 6.19.